The Morgan fingerprint density at radius 1 is 1.06 bits per heavy atom. The molecule has 2 aromatic carbocycles. The molecule has 7 heteroatoms. The third kappa shape index (κ3) is 7.79. The Labute approximate surface area is 214 Å². The SMILES string of the molecule is CCCCC(CC)COC(=O)c1ccccc1OCC(=O)[N+]1(Cc2ccc(Cl)cc2)CCNCC1. The Hall–Kier alpha value is -2.41. The lowest BCUT2D eigenvalue weighted by Crippen LogP contribution is -2.62. The van der Waals surface area contributed by atoms with E-state index in [1.165, 1.54) is 0 Å². The van der Waals surface area contributed by atoms with Crippen LogP contribution in [0.5, 0.6) is 5.75 Å². The summed E-state index contributed by atoms with van der Waals surface area (Å²) in [5.41, 5.74) is 1.41. The quantitative estimate of drug-likeness (QED) is 0.318. The Balaban J connectivity index is 1.66. The van der Waals surface area contributed by atoms with Gasteiger partial charge in [-0.05, 0) is 36.6 Å². The number of para-hydroxylation sites is 1. The largest absolute Gasteiger partial charge is 0.478 e. The average Bonchev–Trinajstić information content (AvgIpc) is 2.89. The number of unbranched alkanes of at least 4 members (excludes halogenated alkanes) is 1. The van der Waals surface area contributed by atoms with Gasteiger partial charge in [-0.15, -0.1) is 0 Å². The highest BCUT2D eigenvalue weighted by atomic mass is 35.5. The summed E-state index contributed by atoms with van der Waals surface area (Å²) in [5.74, 6) is 0.330. The molecule has 1 N–H and O–H groups in total. The third-order valence-electron chi connectivity index (χ3n) is 6.81. The van der Waals surface area contributed by atoms with Gasteiger partial charge in [0.15, 0.2) is 0 Å². The highest BCUT2D eigenvalue weighted by molar-refractivity contribution is 6.30. The van der Waals surface area contributed by atoms with E-state index in [0.717, 1.165) is 44.3 Å². The number of halogens is 1. The molecular weight excluding hydrogens is 464 g/mol. The molecule has 1 atom stereocenters. The van der Waals surface area contributed by atoms with Gasteiger partial charge in [-0.25, -0.2) is 9.59 Å². The van der Waals surface area contributed by atoms with Gasteiger partial charge < -0.3 is 14.8 Å². The van der Waals surface area contributed by atoms with E-state index in [0.29, 0.717) is 53.0 Å². The summed E-state index contributed by atoms with van der Waals surface area (Å²) in [4.78, 5) is 26.3. The number of esters is 1. The molecule has 0 aromatic heterocycles. The summed E-state index contributed by atoms with van der Waals surface area (Å²) in [5, 5.41) is 4.01. The van der Waals surface area contributed by atoms with Crippen LogP contribution < -0.4 is 10.1 Å². The van der Waals surface area contributed by atoms with Crippen LogP contribution in [0, 0.1) is 5.92 Å². The molecule has 1 unspecified atom stereocenters. The molecule has 1 heterocycles. The number of nitrogens with one attached hydrogen (secondary N) is 1. The maximum absolute atomic E-state index is 13.5. The van der Waals surface area contributed by atoms with Crippen molar-refractivity contribution < 1.29 is 23.5 Å². The van der Waals surface area contributed by atoms with Gasteiger partial charge in [0.2, 0.25) is 6.61 Å². The molecule has 1 fully saturated rings. The van der Waals surface area contributed by atoms with Crippen LogP contribution in [0.3, 0.4) is 0 Å². The van der Waals surface area contributed by atoms with Crippen LogP contribution in [0.25, 0.3) is 0 Å². The number of hydrogen-bond acceptors (Lipinski definition) is 5. The van der Waals surface area contributed by atoms with E-state index >= 15 is 0 Å². The maximum atomic E-state index is 13.5. The molecule has 1 aliphatic heterocycles. The number of carbonyl (C=O) groups is 2. The monoisotopic (exact) mass is 501 g/mol. The molecule has 190 valence electrons. The summed E-state index contributed by atoms with van der Waals surface area (Å²) in [6.07, 6.45) is 4.28. The van der Waals surface area contributed by atoms with Crippen molar-refractivity contribution >= 4 is 23.5 Å². The van der Waals surface area contributed by atoms with E-state index in [1.807, 2.05) is 24.3 Å². The van der Waals surface area contributed by atoms with Gasteiger partial charge in [0.05, 0.1) is 19.7 Å². The second-order valence-corrected chi connectivity index (χ2v) is 9.76. The van der Waals surface area contributed by atoms with Gasteiger partial charge in [-0.1, -0.05) is 69.0 Å². The predicted molar refractivity (Wildman–Crippen MR) is 139 cm³/mol. The van der Waals surface area contributed by atoms with Gasteiger partial charge >= 0.3 is 11.9 Å². The van der Waals surface area contributed by atoms with E-state index in [4.69, 9.17) is 21.1 Å². The van der Waals surface area contributed by atoms with E-state index in [2.05, 4.69) is 19.2 Å². The number of ether oxygens (including phenoxy) is 2. The fourth-order valence-corrected chi connectivity index (χ4v) is 4.59. The second kappa shape index (κ2) is 13.6. The van der Waals surface area contributed by atoms with Gasteiger partial charge in [-0.3, -0.25) is 4.48 Å². The van der Waals surface area contributed by atoms with Crippen molar-refractivity contribution in [2.45, 2.75) is 46.1 Å². The van der Waals surface area contributed by atoms with Crippen molar-refractivity contribution in [3.8, 4) is 5.75 Å². The van der Waals surface area contributed by atoms with Crippen LogP contribution in [-0.4, -0.2) is 55.8 Å². The molecule has 1 aliphatic rings. The minimum Gasteiger partial charge on any atom is -0.478 e. The molecule has 35 heavy (non-hydrogen) atoms. The summed E-state index contributed by atoms with van der Waals surface area (Å²) >= 11 is 6.04. The molecule has 6 nitrogen and oxygen atoms in total. The molecule has 1 saturated heterocycles. The lowest BCUT2D eigenvalue weighted by atomic mass is 10.0. The highest BCUT2D eigenvalue weighted by Crippen LogP contribution is 2.23. The third-order valence-corrected chi connectivity index (χ3v) is 7.06. The van der Waals surface area contributed by atoms with Crippen molar-refractivity contribution in [1.29, 1.82) is 0 Å². The topological polar surface area (TPSA) is 64.6 Å². The van der Waals surface area contributed by atoms with Gasteiger partial charge in [-0.2, -0.15) is 0 Å². The zero-order valence-corrected chi connectivity index (χ0v) is 21.7. The van der Waals surface area contributed by atoms with Crippen molar-refractivity contribution in [2.24, 2.45) is 5.92 Å². The van der Waals surface area contributed by atoms with E-state index < -0.39 is 5.97 Å². The second-order valence-electron chi connectivity index (χ2n) is 9.32. The zero-order chi connectivity index (χ0) is 25.1. The van der Waals surface area contributed by atoms with E-state index in [1.54, 1.807) is 24.3 Å². The van der Waals surface area contributed by atoms with Crippen LogP contribution in [-0.2, 0) is 16.1 Å². The average molecular weight is 502 g/mol. The van der Waals surface area contributed by atoms with Crippen LogP contribution in [0.4, 0.5) is 0 Å². The Kier molecular flexibility index (Phi) is 10.6. The molecule has 0 radical (unpaired) electrons. The highest BCUT2D eigenvalue weighted by Gasteiger charge is 2.38. The van der Waals surface area contributed by atoms with Crippen LogP contribution in [0.2, 0.25) is 5.02 Å². The molecule has 0 spiro atoms. The first-order chi connectivity index (χ1) is 17.0. The summed E-state index contributed by atoms with van der Waals surface area (Å²) in [7, 11) is 0. The summed E-state index contributed by atoms with van der Waals surface area (Å²) in [6, 6.07) is 14.6. The maximum Gasteiger partial charge on any atom is 0.351 e. The number of nitrogens with zero attached hydrogens (tertiary/aromatic N) is 1. The number of rotatable bonds is 12. The molecule has 2 aromatic rings. The molecule has 0 saturated carbocycles. The normalized spacial score (nSPS) is 15.9. The Morgan fingerprint density at radius 3 is 2.46 bits per heavy atom. The van der Waals surface area contributed by atoms with Gasteiger partial charge in [0.1, 0.15) is 17.9 Å². The van der Waals surface area contributed by atoms with E-state index in [-0.39, 0.29) is 12.5 Å². The minimum atomic E-state index is -0.407. The lowest BCUT2D eigenvalue weighted by molar-refractivity contribution is -0.870. The van der Waals surface area contributed by atoms with Crippen LogP contribution in [0.1, 0.15) is 55.5 Å². The zero-order valence-electron chi connectivity index (χ0n) is 20.9. The van der Waals surface area contributed by atoms with Crippen molar-refractivity contribution in [3.63, 3.8) is 0 Å². The fourth-order valence-electron chi connectivity index (χ4n) is 4.46. The fraction of sp³-hybridized carbons (Fsp3) is 0.500. The smallest absolute Gasteiger partial charge is 0.351 e. The first kappa shape index (κ1) is 27.2. The van der Waals surface area contributed by atoms with E-state index in [9.17, 15) is 9.59 Å². The van der Waals surface area contributed by atoms with Crippen LogP contribution >= 0.6 is 11.6 Å². The summed E-state index contributed by atoms with van der Waals surface area (Å²) < 4.78 is 11.9. The minimum absolute atomic E-state index is 0.00441. The number of piperazine rings is 1. The van der Waals surface area contributed by atoms with Crippen molar-refractivity contribution in [1.82, 2.24) is 5.32 Å². The van der Waals surface area contributed by atoms with Crippen molar-refractivity contribution in [2.75, 3.05) is 39.4 Å². The molecule has 0 bridgehead atoms. The number of quaternary nitrogens is 1. The Bertz CT molecular complexity index is 958. The molecule has 3 rings (SSSR count). The number of carbonyl (C=O) groups excluding carboxylic acids is 2. The molecule has 1 amide bonds. The number of amides is 1. The van der Waals surface area contributed by atoms with Crippen LogP contribution in [0.15, 0.2) is 48.5 Å². The number of hydrogen-bond donors (Lipinski definition) is 1. The summed E-state index contributed by atoms with van der Waals surface area (Å²) in [6.45, 7) is 8.06. The molecular formula is C28H38ClN2O4+. The standard InChI is InChI=1S/C28H38ClN2O4/c1-3-5-8-22(4-2)20-35-28(33)25-9-6-7-10-26(25)34-21-27(32)31(17-15-30-16-18-31)19-23-11-13-24(29)14-12-23/h6-7,9-14,22,30H,3-5,8,15-21H2,1-2H3/q+1. The van der Waals surface area contributed by atoms with Crippen molar-refractivity contribution in [3.05, 3.63) is 64.7 Å². The lowest BCUT2D eigenvalue weighted by Gasteiger charge is -2.39. The molecule has 0 aliphatic carbocycles. The van der Waals surface area contributed by atoms with Gasteiger partial charge in [0.25, 0.3) is 0 Å². The predicted octanol–water partition coefficient (Wildman–Crippen LogP) is 5.24. The first-order valence-electron chi connectivity index (χ1n) is 12.7. The van der Waals surface area contributed by atoms with Gasteiger partial charge in [0, 0.05) is 23.7 Å². The first-order valence-corrected chi connectivity index (χ1v) is 13.1. The Morgan fingerprint density at radius 2 is 1.77 bits per heavy atom. The number of benzene rings is 2.